The summed E-state index contributed by atoms with van der Waals surface area (Å²) in [6.07, 6.45) is 7.57. The second-order valence-corrected chi connectivity index (χ2v) is 12.0. The molecule has 1 N–H and O–H groups in total. The van der Waals surface area contributed by atoms with Crippen LogP contribution in [0.4, 0.5) is 5.82 Å². The molecule has 7 rings (SSSR count). The molecule has 0 atom stereocenters. The van der Waals surface area contributed by atoms with E-state index in [-0.39, 0.29) is 5.91 Å². The highest BCUT2D eigenvalue weighted by Crippen LogP contribution is 2.41. The molecule has 6 nitrogen and oxygen atoms in total. The fourth-order valence-corrected chi connectivity index (χ4v) is 6.45. The minimum absolute atomic E-state index is 0.129. The minimum atomic E-state index is 0.129. The molecule has 2 fully saturated rings. The first-order chi connectivity index (χ1) is 19.6. The Hall–Kier alpha value is -3.71. The lowest BCUT2D eigenvalue weighted by Gasteiger charge is -2.32. The van der Waals surface area contributed by atoms with Gasteiger partial charge in [0, 0.05) is 36.8 Å². The first kappa shape index (κ1) is 25.3. The number of piperidine rings is 1. The summed E-state index contributed by atoms with van der Waals surface area (Å²) < 4.78 is 2.77. The predicted octanol–water partition coefficient (Wildman–Crippen LogP) is 7.54. The Balaban J connectivity index is 1.05. The van der Waals surface area contributed by atoms with Crippen molar-refractivity contribution < 1.29 is 4.79 Å². The van der Waals surface area contributed by atoms with E-state index < -0.39 is 0 Å². The van der Waals surface area contributed by atoms with Crippen LogP contribution in [0.2, 0.25) is 0 Å². The van der Waals surface area contributed by atoms with Gasteiger partial charge in [-0.2, -0.15) is 9.61 Å². The molecule has 2 aliphatic rings. The maximum absolute atomic E-state index is 13.2. The van der Waals surface area contributed by atoms with Crippen LogP contribution in [0, 0.1) is 5.92 Å². The first-order valence-corrected chi connectivity index (χ1v) is 15.1. The number of aromatic nitrogens is 3. The van der Waals surface area contributed by atoms with Crippen LogP contribution in [-0.2, 0) is 0 Å². The third-order valence-corrected chi connectivity index (χ3v) is 9.24. The quantitative estimate of drug-likeness (QED) is 0.221. The number of benzene rings is 3. The van der Waals surface area contributed by atoms with Gasteiger partial charge in [-0.1, -0.05) is 61.0 Å². The van der Waals surface area contributed by atoms with E-state index in [2.05, 4.69) is 68.8 Å². The number of carbonyl (C=O) groups is 1. The van der Waals surface area contributed by atoms with Gasteiger partial charge in [0.25, 0.3) is 5.91 Å². The third kappa shape index (κ3) is 4.77. The molecule has 5 aromatic rings. The number of rotatable bonds is 6. The number of amides is 1. The van der Waals surface area contributed by atoms with Crippen LogP contribution in [0.25, 0.3) is 27.7 Å². The van der Waals surface area contributed by atoms with E-state index in [1.165, 1.54) is 30.4 Å². The Bertz CT molecular complexity index is 1700. The number of fused-ring (bicyclic) bond motifs is 2. The third-order valence-electron chi connectivity index (χ3n) is 8.68. The molecule has 1 saturated heterocycles. The van der Waals surface area contributed by atoms with Gasteiger partial charge in [-0.3, -0.25) is 4.79 Å². The van der Waals surface area contributed by atoms with E-state index in [0.29, 0.717) is 11.8 Å². The van der Waals surface area contributed by atoms with Crippen LogP contribution in [0.15, 0.2) is 83.5 Å². The second kappa shape index (κ2) is 10.7. The highest BCUT2D eigenvalue weighted by Gasteiger charge is 2.25. The molecule has 0 unspecified atom stereocenters. The molecular formula is C33H32BrN5O. The van der Waals surface area contributed by atoms with Crippen molar-refractivity contribution in [2.24, 2.45) is 5.92 Å². The SMILES string of the molecule is O=C(c1ccc2ccccc2c1)N1CCC(CNc2cc(-c3ccccc3C3CCC3)nc3c(Br)cnn23)CC1. The fourth-order valence-electron chi connectivity index (χ4n) is 6.10. The number of halogens is 1. The van der Waals surface area contributed by atoms with Crippen molar-refractivity contribution in [1.82, 2.24) is 19.5 Å². The number of hydrogen-bond acceptors (Lipinski definition) is 4. The van der Waals surface area contributed by atoms with E-state index in [4.69, 9.17) is 4.98 Å². The van der Waals surface area contributed by atoms with Gasteiger partial charge in [0.2, 0.25) is 0 Å². The van der Waals surface area contributed by atoms with E-state index >= 15 is 0 Å². The standard InChI is InChI=1S/C33H32BrN5O/c34-29-21-36-39-31(19-30(37-32(29)39)28-11-4-3-10-27(28)24-8-5-9-24)35-20-22-14-16-38(17-15-22)33(40)26-13-12-23-6-1-2-7-25(23)18-26/h1-4,6-7,10-13,18-19,21-22,24,35H,5,8-9,14-17,20H2. The lowest BCUT2D eigenvalue weighted by Crippen LogP contribution is -2.40. The van der Waals surface area contributed by atoms with Gasteiger partial charge < -0.3 is 10.2 Å². The molecule has 1 aliphatic heterocycles. The van der Waals surface area contributed by atoms with E-state index in [9.17, 15) is 4.79 Å². The molecule has 40 heavy (non-hydrogen) atoms. The number of carbonyl (C=O) groups excluding carboxylic acids is 1. The van der Waals surface area contributed by atoms with Gasteiger partial charge in [0.05, 0.1) is 16.4 Å². The lowest BCUT2D eigenvalue weighted by molar-refractivity contribution is 0.0695. The summed E-state index contributed by atoms with van der Waals surface area (Å²) in [4.78, 5) is 20.3. The van der Waals surface area contributed by atoms with Gasteiger partial charge in [0.15, 0.2) is 5.65 Å². The Morgan fingerprint density at radius 3 is 2.50 bits per heavy atom. The molecule has 7 heteroatoms. The highest BCUT2D eigenvalue weighted by atomic mass is 79.9. The normalized spacial score (nSPS) is 16.4. The van der Waals surface area contributed by atoms with Crippen molar-refractivity contribution in [3.8, 4) is 11.3 Å². The molecule has 0 bridgehead atoms. The summed E-state index contributed by atoms with van der Waals surface area (Å²) in [5.74, 6) is 2.18. The second-order valence-electron chi connectivity index (χ2n) is 11.1. The van der Waals surface area contributed by atoms with E-state index in [1.807, 2.05) is 45.9 Å². The summed E-state index contributed by atoms with van der Waals surface area (Å²) >= 11 is 3.65. The molecule has 1 amide bonds. The van der Waals surface area contributed by atoms with Crippen LogP contribution >= 0.6 is 15.9 Å². The number of nitrogens with one attached hydrogen (secondary N) is 1. The largest absolute Gasteiger partial charge is 0.370 e. The van der Waals surface area contributed by atoms with E-state index in [0.717, 1.165) is 70.4 Å². The molecule has 202 valence electrons. The number of hydrogen-bond donors (Lipinski definition) is 1. The number of likely N-dealkylation sites (tertiary alicyclic amines) is 1. The van der Waals surface area contributed by atoms with Crippen molar-refractivity contribution in [3.63, 3.8) is 0 Å². The van der Waals surface area contributed by atoms with Crippen molar-refractivity contribution in [2.45, 2.75) is 38.0 Å². The Kier molecular flexibility index (Phi) is 6.76. The number of anilines is 1. The minimum Gasteiger partial charge on any atom is -0.370 e. The topological polar surface area (TPSA) is 62.5 Å². The smallest absolute Gasteiger partial charge is 0.253 e. The summed E-state index contributed by atoms with van der Waals surface area (Å²) in [6.45, 7) is 2.38. The molecule has 1 aliphatic carbocycles. The zero-order valence-corrected chi connectivity index (χ0v) is 24.0. The Morgan fingerprint density at radius 1 is 0.925 bits per heavy atom. The average molecular weight is 595 g/mol. The Morgan fingerprint density at radius 2 is 1.70 bits per heavy atom. The van der Waals surface area contributed by atoms with E-state index in [1.54, 1.807) is 0 Å². The van der Waals surface area contributed by atoms with Crippen molar-refractivity contribution in [1.29, 1.82) is 0 Å². The molecule has 2 aromatic heterocycles. The fraction of sp³-hybridized carbons (Fsp3) is 0.303. The van der Waals surface area contributed by atoms with Crippen molar-refractivity contribution >= 4 is 44.1 Å². The van der Waals surface area contributed by atoms with Crippen LogP contribution in [0.1, 0.15) is 53.9 Å². The predicted molar refractivity (Wildman–Crippen MR) is 164 cm³/mol. The van der Waals surface area contributed by atoms with Crippen LogP contribution in [0.3, 0.4) is 0 Å². The molecule has 3 aromatic carbocycles. The zero-order valence-electron chi connectivity index (χ0n) is 22.4. The van der Waals surface area contributed by atoms with Crippen molar-refractivity contribution in [3.05, 3.63) is 94.6 Å². The molecule has 3 heterocycles. The van der Waals surface area contributed by atoms with Crippen LogP contribution in [0.5, 0.6) is 0 Å². The Labute approximate surface area is 242 Å². The van der Waals surface area contributed by atoms with Gasteiger partial charge in [-0.15, -0.1) is 0 Å². The summed E-state index contributed by atoms with van der Waals surface area (Å²) in [5.41, 5.74) is 5.18. The summed E-state index contributed by atoms with van der Waals surface area (Å²) in [7, 11) is 0. The first-order valence-electron chi connectivity index (χ1n) is 14.3. The summed E-state index contributed by atoms with van der Waals surface area (Å²) in [6, 6.07) is 25.0. The number of nitrogens with zero attached hydrogens (tertiary/aromatic N) is 4. The van der Waals surface area contributed by atoms with Crippen LogP contribution in [-0.4, -0.2) is 45.0 Å². The monoisotopic (exact) mass is 593 g/mol. The average Bonchev–Trinajstić information content (AvgIpc) is 3.35. The van der Waals surface area contributed by atoms with Gasteiger partial charge in [-0.05, 0) is 81.9 Å². The summed E-state index contributed by atoms with van der Waals surface area (Å²) in [5, 5.41) is 10.5. The lowest BCUT2D eigenvalue weighted by atomic mass is 9.78. The molecule has 1 saturated carbocycles. The van der Waals surface area contributed by atoms with Gasteiger partial charge in [0.1, 0.15) is 5.82 Å². The maximum Gasteiger partial charge on any atom is 0.253 e. The maximum atomic E-state index is 13.2. The highest BCUT2D eigenvalue weighted by molar-refractivity contribution is 9.10. The van der Waals surface area contributed by atoms with Crippen molar-refractivity contribution in [2.75, 3.05) is 25.0 Å². The van der Waals surface area contributed by atoms with Crippen LogP contribution < -0.4 is 5.32 Å². The van der Waals surface area contributed by atoms with Gasteiger partial charge in [-0.25, -0.2) is 4.98 Å². The molecular weight excluding hydrogens is 562 g/mol. The van der Waals surface area contributed by atoms with Gasteiger partial charge >= 0.3 is 0 Å². The zero-order chi connectivity index (χ0) is 27.1. The molecule has 0 spiro atoms. The molecule has 0 radical (unpaired) electrons.